The Labute approximate surface area is 89.7 Å². The molecule has 2 saturated heterocycles. The Balaban J connectivity index is 1.76. The van der Waals surface area contributed by atoms with Crippen LogP contribution in [-0.4, -0.2) is 35.1 Å². The molecule has 0 bridgehead atoms. The Kier molecular flexibility index (Phi) is 2.09. The van der Waals surface area contributed by atoms with Crippen LogP contribution in [0, 0.1) is 0 Å². The summed E-state index contributed by atoms with van der Waals surface area (Å²) in [6, 6.07) is 0. The molecule has 80 valence electrons. The highest BCUT2D eigenvalue weighted by Crippen LogP contribution is 2.32. The van der Waals surface area contributed by atoms with Crippen LogP contribution in [0.25, 0.3) is 0 Å². The molecule has 0 saturated carbocycles. The van der Waals surface area contributed by atoms with Gasteiger partial charge in [-0.1, -0.05) is 0 Å². The van der Waals surface area contributed by atoms with Crippen molar-refractivity contribution in [3.8, 4) is 0 Å². The standard InChI is InChI=1S/C11H16N4/c1-2-11(14-4-1)3-5-15(8-11)10-6-12-9-13-7-10/h6-7,9,14H,1-5,8H2. The minimum Gasteiger partial charge on any atom is -0.367 e. The van der Waals surface area contributed by atoms with Gasteiger partial charge in [0.15, 0.2) is 0 Å². The molecule has 3 rings (SSSR count). The summed E-state index contributed by atoms with van der Waals surface area (Å²) < 4.78 is 0. The molecule has 2 aliphatic heterocycles. The van der Waals surface area contributed by atoms with Gasteiger partial charge >= 0.3 is 0 Å². The Hall–Kier alpha value is -1.16. The number of hydrogen-bond donors (Lipinski definition) is 1. The first-order valence-electron chi connectivity index (χ1n) is 5.63. The molecule has 2 aliphatic rings. The van der Waals surface area contributed by atoms with Crippen LogP contribution in [0.5, 0.6) is 0 Å². The van der Waals surface area contributed by atoms with E-state index in [1.165, 1.54) is 25.8 Å². The molecule has 4 heteroatoms. The molecule has 1 aromatic rings. The van der Waals surface area contributed by atoms with Crippen LogP contribution < -0.4 is 10.2 Å². The van der Waals surface area contributed by atoms with Gasteiger partial charge in [0, 0.05) is 18.6 Å². The van der Waals surface area contributed by atoms with E-state index in [9.17, 15) is 0 Å². The second-order valence-electron chi connectivity index (χ2n) is 4.58. The summed E-state index contributed by atoms with van der Waals surface area (Å²) in [4.78, 5) is 10.5. The van der Waals surface area contributed by atoms with E-state index in [-0.39, 0.29) is 0 Å². The Morgan fingerprint density at radius 2 is 2.13 bits per heavy atom. The lowest BCUT2D eigenvalue weighted by Crippen LogP contribution is -2.42. The predicted molar refractivity (Wildman–Crippen MR) is 58.8 cm³/mol. The number of hydrogen-bond acceptors (Lipinski definition) is 4. The van der Waals surface area contributed by atoms with Crippen molar-refractivity contribution in [2.24, 2.45) is 0 Å². The molecule has 4 nitrogen and oxygen atoms in total. The highest BCUT2D eigenvalue weighted by molar-refractivity contribution is 5.44. The van der Waals surface area contributed by atoms with Crippen LogP contribution in [0.3, 0.4) is 0 Å². The van der Waals surface area contributed by atoms with Gasteiger partial charge in [-0.05, 0) is 25.8 Å². The predicted octanol–water partition coefficient (Wildman–Crippen LogP) is 0.809. The number of nitrogens with zero attached hydrogens (tertiary/aromatic N) is 3. The number of anilines is 1. The molecular weight excluding hydrogens is 188 g/mol. The fraction of sp³-hybridized carbons (Fsp3) is 0.636. The van der Waals surface area contributed by atoms with Crippen LogP contribution >= 0.6 is 0 Å². The monoisotopic (exact) mass is 204 g/mol. The maximum atomic E-state index is 4.07. The molecule has 1 atom stereocenters. The average Bonchev–Trinajstić information content (AvgIpc) is 2.91. The largest absolute Gasteiger partial charge is 0.367 e. The average molecular weight is 204 g/mol. The van der Waals surface area contributed by atoms with Gasteiger partial charge in [-0.25, -0.2) is 9.97 Å². The van der Waals surface area contributed by atoms with E-state index in [1.807, 2.05) is 12.4 Å². The van der Waals surface area contributed by atoms with E-state index >= 15 is 0 Å². The lowest BCUT2D eigenvalue weighted by Gasteiger charge is -2.24. The van der Waals surface area contributed by atoms with Crippen LogP contribution in [-0.2, 0) is 0 Å². The smallest absolute Gasteiger partial charge is 0.115 e. The molecule has 1 aromatic heterocycles. The number of rotatable bonds is 1. The zero-order valence-electron chi connectivity index (χ0n) is 8.82. The molecule has 1 unspecified atom stereocenters. The minimum absolute atomic E-state index is 0.385. The van der Waals surface area contributed by atoms with Gasteiger partial charge in [0.25, 0.3) is 0 Å². The fourth-order valence-electron chi connectivity index (χ4n) is 2.76. The highest BCUT2D eigenvalue weighted by Gasteiger charge is 2.40. The zero-order chi connectivity index (χ0) is 10.1. The van der Waals surface area contributed by atoms with E-state index in [1.54, 1.807) is 6.33 Å². The maximum Gasteiger partial charge on any atom is 0.115 e. The summed E-state index contributed by atoms with van der Waals surface area (Å²) in [5.74, 6) is 0. The SMILES string of the molecule is c1ncc(N2CCC3(CCCN3)C2)cn1. The second-order valence-corrected chi connectivity index (χ2v) is 4.58. The molecule has 0 aliphatic carbocycles. The van der Waals surface area contributed by atoms with Crippen LogP contribution in [0.2, 0.25) is 0 Å². The van der Waals surface area contributed by atoms with Gasteiger partial charge in [0.2, 0.25) is 0 Å². The highest BCUT2D eigenvalue weighted by atomic mass is 15.2. The minimum atomic E-state index is 0.385. The fourth-order valence-corrected chi connectivity index (χ4v) is 2.76. The Morgan fingerprint density at radius 3 is 2.87 bits per heavy atom. The Morgan fingerprint density at radius 1 is 1.27 bits per heavy atom. The molecule has 3 heterocycles. The molecule has 0 radical (unpaired) electrons. The quantitative estimate of drug-likeness (QED) is 0.735. The van der Waals surface area contributed by atoms with E-state index in [0.29, 0.717) is 5.54 Å². The van der Waals surface area contributed by atoms with Crippen molar-refractivity contribution in [2.75, 3.05) is 24.5 Å². The summed E-state index contributed by atoms with van der Waals surface area (Å²) in [7, 11) is 0. The van der Waals surface area contributed by atoms with Gasteiger partial charge in [-0.15, -0.1) is 0 Å². The maximum absolute atomic E-state index is 4.07. The second kappa shape index (κ2) is 3.45. The third kappa shape index (κ3) is 1.59. The zero-order valence-corrected chi connectivity index (χ0v) is 8.82. The molecule has 2 fully saturated rings. The summed E-state index contributed by atoms with van der Waals surface area (Å²) >= 11 is 0. The first-order chi connectivity index (χ1) is 7.38. The van der Waals surface area contributed by atoms with Crippen LogP contribution in [0.4, 0.5) is 5.69 Å². The van der Waals surface area contributed by atoms with Crippen molar-refractivity contribution in [1.82, 2.24) is 15.3 Å². The van der Waals surface area contributed by atoms with Crippen molar-refractivity contribution < 1.29 is 0 Å². The van der Waals surface area contributed by atoms with E-state index < -0.39 is 0 Å². The third-order valence-electron chi connectivity index (χ3n) is 3.60. The Bertz CT molecular complexity index is 332. The van der Waals surface area contributed by atoms with Crippen molar-refractivity contribution >= 4 is 5.69 Å². The first kappa shape index (κ1) is 9.09. The van der Waals surface area contributed by atoms with Crippen LogP contribution in [0.1, 0.15) is 19.3 Å². The summed E-state index contributed by atoms with van der Waals surface area (Å²) in [6.07, 6.45) is 9.28. The lowest BCUT2D eigenvalue weighted by molar-refractivity contribution is 0.419. The summed E-state index contributed by atoms with van der Waals surface area (Å²) in [5, 5.41) is 3.65. The van der Waals surface area contributed by atoms with E-state index in [4.69, 9.17) is 0 Å². The van der Waals surface area contributed by atoms with Gasteiger partial charge < -0.3 is 10.2 Å². The van der Waals surface area contributed by atoms with Crippen molar-refractivity contribution in [1.29, 1.82) is 0 Å². The van der Waals surface area contributed by atoms with E-state index in [2.05, 4.69) is 20.2 Å². The number of nitrogens with one attached hydrogen (secondary N) is 1. The van der Waals surface area contributed by atoms with Crippen molar-refractivity contribution in [2.45, 2.75) is 24.8 Å². The molecule has 0 amide bonds. The topological polar surface area (TPSA) is 41.1 Å². The molecule has 15 heavy (non-hydrogen) atoms. The summed E-state index contributed by atoms with van der Waals surface area (Å²) in [5.41, 5.74) is 1.54. The first-order valence-corrected chi connectivity index (χ1v) is 5.63. The lowest BCUT2D eigenvalue weighted by atomic mass is 9.97. The molecule has 0 aromatic carbocycles. The van der Waals surface area contributed by atoms with E-state index in [0.717, 1.165) is 18.8 Å². The van der Waals surface area contributed by atoms with Crippen molar-refractivity contribution in [3.05, 3.63) is 18.7 Å². The van der Waals surface area contributed by atoms with Crippen molar-refractivity contribution in [3.63, 3.8) is 0 Å². The van der Waals surface area contributed by atoms with Gasteiger partial charge in [0.05, 0.1) is 18.1 Å². The molecule has 1 N–H and O–H groups in total. The van der Waals surface area contributed by atoms with Gasteiger partial charge in [0.1, 0.15) is 6.33 Å². The normalized spacial score (nSPS) is 30.3. The van der Waals surface area contributed by atoms with Gasteiger partial charge in [-0.2, -0.15) is 0 Å². The van der Waals surface area contributed by atoms with Crippen LogP contribution in [0.15, 0.2) is 18.7 Å². The van der Waals surface area contributed by atoms with Gasteiger partial charge in [-0.3, -0.25) is 0 Å². The molecular formula is C11H16N4. The third-order valence-corrected chi connectivity index (χ3v) is 3.60. The number of aromatic nitrogens is 2. The molecule has 1 spiro atoms. The summed E-state index contributed by atoms with van der Waals surface area (Å²) in [6.45, 7) is 3.42.